The van der Waals surface area contributed by atoms with E-state index < -0.39 is 12.0 Å². The zero-order chi connectivity index (χ0) is 22.9. The second-order valence-electron chi connectivity index (χ2n) is 7.46. The number of nitrogens with one attached hydrogen (secondary N) is 1. The van der Waals surface area contributed by atoms with E-state index in [1.165, 1.54) is 12.4 Å². The van der Waals surface area contributed by atoms with Gasteiger partial charge >= 0.3 is 0 Å². The molecule has 0 bridgehead atoms. The largest absolute Gasteiger partial charge is 0.493 e. The van der Waals surface area contributed by atoms with Crippen molar-refractivity contribution in [2.45, 2.75) is 44.9 Å². The molecule has 9 heteroatoms. The Balaban J connectivity index is 1.67. The molecule has 1 atom stereocenters. The number of aliphatic hydroxyl groups is 1. The summed E-state index contributed by atoms with van der Waals surface area (Å²) in [7, 11) is 1.59. The zero-order valence-electron chi connectivity index (χ0n) is 18.0. The Morgan fingerprint density at radius 2 is 1.94 bits per heavy atom. The van der Waals surface area contributed by atoms with E-state index >= 15 is 0 Å². The molecule has 0 fully saturated rings. The van der Waals surface area contributed by atoms with Crippen LogP contribution in [0.4, 0.5) is 10.2 Å². The molecule has 0 aliphatic heterocycles. The van der Waals surface area contributed by atoms with E-state index in [0.29, 0.717) is 42.4 Å². The Labute approximate surface area is 191 Å². The van der Waals surface area contributed by atoms with Crippen molar-refractivity contribution in [3.63, 3.8) is 0 Å². The van der Waals surface area contributed by atoms with Crippen LogP contribution in [0.15, 0.2) is 36.7 Å². The number of nitrogens with zero attached hydrogens (tertiary/aromatic N) is 2. The molecular formula is C23H28ClFN4O3. The summed E-state index contributed by atoms with van der Waals surface area (Å²) >= 11 is 5.87. The van der Waals surface area contributed by atoms with Gasteiger partial charge in [0, 0.05) is 18.0 Å². The summed E-state index contributed by atoms with van der Waals surface area (Å²) in [6.07, 6.45) is 5.09. The van der Waals surface area contributed by atoms with Crippen molar-refractivity contribution >= 4 is 28.3 Å². The van der Waals surface area contributed by atoms with Gasteiger partial charge in [0.1, 0.15) is 24.2 Å². The summed E-state index contributed by atoms with van der Waals surface area (Å²) in [6, 6.07) is 8.27. The summed E-state index contributed by atoms with van der Waals surface area (Å²) in [4.78, 5) is 8.68. The molecule has 4 N–H and O–H groups in total. The van der Waals surface area contributed by atoms with Crippen LogP contribution in [0.5, 0.6) is 11.5 Å². The Hall–Kier alpha value is -2.68. The third-order valence-electron chi connectivity index (χ3n) is 5.02. The molecule has 0 radical (unpaired) electrons. The number of rotatable bonds is 12. The monoisotopic (exact) mass is 462 g/mol. The summed E-state index contributed by atoms with van der Waals surface area (Å²) in [5, 5.41) is 13.2. The molecule has 1 unspecified atom stereocenters. The first-order valence-corrected chi connectivity index (χ1v) is 10.9. The number of aliphatic hydroxyl groups excluding tert-OH is 1. The lowest BCUT2D eigenvalue weighted by molar-refractivity contribution is 0.167. The maximum Gasteiger partial charge on any atom is 0.162 e. The number of ether oxygens (including phenoxy) is 2. The first-order chi connectivity index (χ1) is 15.5. The van der Waals surface area contributed by atoms with Crippen molar-refractivity contribution < 1.29 is 19.0 Å². The van der Waals surface area contributed by atoms with Gasteiger partial charge in [0.2, 0.25) is 0 Å². The smallest absolute Gasteiger partial charge is 0.162 e. The third-order valence-corrected chi connectivity index (χ3v) is 5.31. The van der Waals surface area contributed by atoms with Gasteiger partial charge in [-0.1, -0.05) is 30.5 Å². The Morgan fingerprint density at radius 1 is 1.12 bits per heavy atom. The van der Waals surface area contributed by atoms with Crippen LogP contribution in [0, 0.1) is 5.82 Å². The molecule has 3 aromatic rings. The van der Waals surface area contributed by atoms with Crippen molar-refractivity contribution in [2.75, 3.05) is 19.0 Å². The molecule has 0 saturated carbocycles. The molecule has 172 valence electrons. The molecule has 3 rings (SSSR count). The van der Waals surface area contributed by atoms with Gasteiger partial charge in [-0.15, -0.1) is 0 Å². The molecular weight excluding hydrogens is 435 g/mol. The molecule has 0 aliphatic rings. The number of halogens is 2. The van der Waals surface area contributed by atoms with Crippen molar-refractivity contribution in [2.24, 2.45) is 5.73 Å². The molecule has 32 heavy (non-hydrogen) atoms. The third kappa shape index (κ3) is 6.66. The predicted octanol–water partition coefficient (Wildman–Crippen LogP) is 4.65. The lowest BCUT2D eigenvalue weighted by Crippen LogP contribution is -2.17. The number of nitrogens with two attached hydrogens (primary N) is 1. The average Bonchev–Trinajstić information content (AvgIpc) is 2.78. The molecule has 1 aromatic heterocycles. The predicted molar refractivity (Wildman–Crippen MR) is 124 cm³/mol. The first-order valence-electron chi connectivity index (χ1n) is 10.5. The van der Waals surface area contributed by atoms with E-state index in [0.717, 1.165) is 36.6 Å². The van der Waals surface area contributed by atoms with Crippen molar-refractivity contribution in [3.05, 3.63) is 53.1 Å². The Morgan fingerprint density at radius 3 is 2.69 bits per heavy atom. The highest BCUT2D eigenvalue weighted by Gasteiger charge is 2.12. The number of fused-ring (bicyclic) bond motifs is 1. The summed E-state index contributed by atoms with van der Waals surface area (Å²) < 4.78 is 24.8. The van der Waals surface area contributed by atoms with Gasteiger partial charge in [-0.05, 0) is 43.0 Å². The normalized spacial score (nSPS) is 12.0. The van der Waals surface area contributed by atoms with Crippen LogP contribution in [0.1, 0.15) is 37.7 Å². The number of anilines is 1. The van der Waals surface area contributed by atoms with Gasteiger partial charge < -0.3 is 25.6 Å². The van der Waals surface area contributed by atoms with Gasteiger partial charge in [0.05, 0.1) is 24.3 Å². The molecule has 0 spiro atoms. The average molecular weight is 463 g/mol. The second kappa shape index (κ2) is 11.8. The van der Waals surface area contributed by atoms with Gasteiger partial charge in [0.15, 0.2) is 11.5 Å². The van der Waals surface area contributed by atoms with Crippen molar-refractivity contribution in [1.29, 1.82) is 0 Å². The number of aromatic nitrogens is 2. The summed E-state index contributed by atoms with van der Waals surface area (Å²) in [6.45, 7) is 0.962. The quantitative estimate of drug-likeness (QED) is 0.266. The van der Waals surface area contributed by atoms with E-state index in [4.69, 9.17) is 31.9 Å². The van der Waals surface area contributed by atoms with Crippen molar-refractivity contribution in [1.82, 2.24) is 9.97 Å². The SMILES string of the molecule is COc1cc2ncnc(NCc3ccc(F)c(Cl)c3)c2cc1OCCCCCCC(N)O. The maximum absolute atomic E-state index is 13.4. The van der Waals surface area contributed by atoms with Crippen LogP contribution in [0.3, 0.4) is 0 Å². The van der Waals surface area contributed by atoms with E-state index in [2.05, 4.69) is 15.3 Å². The standard InChI is InChI=1S/C23H28ClFN4O3/c1-31-20-12-19-16(11-21(20)32-9-5-3-2-4-6-22(26)30)23(29-14-28-19)27-13-15-7-8-18(25)17(24)10-15/h7-8,10-12,14,22,30H,2-6,9,13,26H2,1H3,(H,27,28,29). The zero-order valence-corrected chi connectivity index (χ0v) is 18.7. The van der Waals surface area contributed by atoms with Crippen LogP contribution >= 0.6 is 11.6 Å². The topological polar surface area (TPSA) is 103 Å². The molecule has 0 saturated heterocycles. The fourth-order valence-corrected chi connectivity index (χ4v) is 3.51. The lowest BCUT2D eigenvalue weighted by Gasteiger charge is -2.14. The Kier molecular flexibility index (Phi) is 8.84. The molecule has 7 nitrogen and oxygen atoms in total. The fourth-order valence-electron chi connectivity index (χ4n) is 3.30. The van der Waals surface area contributed by atoms with E-state index in [-0.39, 0.29) is 5.02 Å². The molecule has 2 aromatic carbocycles. The van der Waals surface area contributed by atoms with Crippen molar-refractivity contribution in [3.8, 4) is 11.5 Å². The fraction of sp³-hybridized carbons (Fsp3) is 0.391. The van der Waals surface area contributed by atoms with Gasteiger partial charge in [-0.2, -0.15) is 0 Å². The Bertz CT molecular complexity index is 1040. The summed E-state index contributed by atoms with van der Waals surface area (Å²) in [5.74, 6) is 1.39. The van der Waals surface area contributed by atoms with Crippen LogP contribution in [0.25, 0.3) is 10.9 Å². The van der Waals surface area contributed by atoms with Crippen LogP contribution < -0.4 is 20.5 Å². The number of hydrogen-bond donors (Lipinski definition) is 3. The van der Waals surface area contributed by atoms with E-state index in [1.54, 1.807) is 19.2 Å². The van der Waals surface area contributed by atoms with Gasteiger partial charge in [-0.3, -0.25) is 0 Å². The summed E-state index contributed by atoms with van der Waals surface area (Å²) in [5.41, 5.74) is 6.89. The maximum atomic E-state index is 13.4. The van der Waals surface area contributed by atoms with E-state index in [9.17, 15) is 4.39 Å². The first kappa shape index (κ1) is 24.0. The van der Waals surface area contributed by atoms with Crippen LogP contribution in [-0.4, -0.2) is 35.0 Å². The molecule has 0 aliphatic carbocycles. The highest BCUT2D eigenvalue weighted by atomic mass is 35.5. The molecule has 0 amide bonds. The molecule has 1 heterocycles. The minimum atomic E-state index is -0.738. The highest BCUT2D eigenvalue weighted by molar-refractivity contribution is 6.30. The lowest BCUT2D eigenvalue weighted by atomic mass is 10.1. The number of unbranched alkanes of at least 4 members (excludes halogenated alkanes) is 3. The van der Waals surface area contributed by atoms with Crippen LogP contribution in [0.2, 0.25) is 5.02 Å². The number of hydrogen-bond acceptors (Lipinski definition) is 7. The minimum Gasteiger partial charge on any atom is -0.493 e. The second-order valence-corrected chi connectivity index (χ2v) is 7.87. The number of benzene rings is 2. The highest BCUT2D eigenvalue weighted by Crippen LogP contribution is 2.34. The van der Waals surface area contributed by atoms with Gasteiger partial charge in [0.25, 0.3) is 0 Å². The minimum absolute atomic E-state index is 0.0801. The number of methoxy groups -OCH3 is 1. The van der Waals surface area contributed by atoms with Gasteiger partial charge in [-0.25, -0.2) is 14.4 Å². The van der Waals surface area contributed by atoms with Crippen LogP contribution in [-0.2, 0) is 6.54 Å². The van der Waals surface area contributed by atoms with E-state index in [1.807, 2.05) is 12.1 Å².